The van der Waals surface area contributed by atoms with E-state index in [1.807, 2.05) is 13.8 Å². The largest absolute Gasteiger partial charge is 0.480 e. The molecule has 30 heteroatoms. The topological polar surface area (TPSA) is 486 Å². The number of carboxylic acid groups (broad SMARTS) is 1. The van der Waals surface area contributed by atoms with Crippen molar-refractivity contribution in [3.05, 3.63) is 0 Å². The van der Waals surface area contributed by atoms with Gasteiger partial charge in [-0.3, -0.25) is 53.1 Å². The average Bonchev–Trinajstić information content (AvgIpc) is 3.86. The molecule has 1 heterocycles. The molecule has 0 unspecified atom stereocenters. The highest BCUT2D eigenvalue weighted by Crippen LogP contribution is 2.22. The molecule has 9 amide bonds. The van der Waals surface area contributed by atoms with Gasteiger partial charge in [0.05, 0.1) is 19.3 Å². The van der Waals surface area contributed by atoms with E-state index in [1.54, 1.807) is 27.7 Å². The Bertz CT molecular complexity index is 2060. The minimum absolute atomic E-state index is 0.000899. The van der Waals surface area contributed by atoms with Gasteiger partial charge in [-0.1, -0.05) is 48.0 Å². The Kier molecular flexibility index (Phi) is 31.1. The number of likely N-dealkylation sites (tertiary alicyclic amines) is 1. The van der Waals surface area contributed by atoms with Crippen molar-refractivity contribution >= 4 is 83.7 Å². The molecule has 0 aromatic carbocycles. The van der Waals surface area contributed by atoms with Crippen LogP contribution in [-0.2, 0) is 47.9 Å². The summed E-state index contributed by atoms with van der Waals surface area (Å²) in [6.07, 6.45) is 1.33. The molecule has 438 valence electrons. The Balaban J connectivity index is 3.38. The number of aliphatic hydroxyl groups excluding tert-OH is 2. The van der Waals surface area contributed by atoms with Crippen LogP contribution in [0.3, 0.4) is 0 Å². The van der Waals surface area contributed by atoms with Gasteiger partial charge < -0.3 is 91.4 Å². The van der Waals surface area contributed by atoms with Crippen LogP contribution in [0.4, 0.5) is 0 Å². The Hall–Kier alpha value is -6.53. The molecular weight excluding hydrogens is 1030 g/mol. The third kappa shape index (κ3) is 24.6. The number of guanidine groups is 2. The molecule has 1 saturated heterocycles. The normalized spacial score (nSPS) is 17.1. The number of nitrogens with one attached hydrogen (secondary N) is 8. The first-order valence-electron chi connectivity index (χ1n) is 25.8. The number of nitrogens with two attached hydrogens (primary N) is 5. The van der Waals surface area contributed by atoms with Gasteiger partial charge in [0.25, 0.3) is 0 Å². The fraction of sp³-hybridized carbons (Fsp3) is 0.745. The van der Waals surface area contributed by atoms with Gasteiger partial charge in [0.2, 0.25) is 53.2 Å². The van der Waals surface area contributed by atoms with Crippen LogP contribution < -0.4 is 71.2 Å². The molecule has 11 atom stereocenters. The van der Waals surface area contributed by atoms with Gasteiger partial charge in [-0.05, 0) is 76.0 Å². The van der Waals surface area contributed by atoms with Crippen molar-refractivity contribution in [3.63, 3.8) is 0 Å². The predicted molar refractivity (Wildman–Crippen MR) is 288 cm³/mol. The van der Waals surface area contributed by atoms with Crippen LogP contribution >= 0.6 is 12.6 Å². The third-order valence-electron chi connectivity index (χ3n) is 12.4. The Labute approximate surface area is 454 Å². The maximum absolute atomic E-state index is 14.1. The van der Waals surface area contributed by atoms with Crippen molar-refractivity contribution in [3.8, 4) is 0 Å². The van der Waals surface area contributed by atoms with Crippen LogP contribution in [0.2, 0.25) is 0 Å². The standard InChI is InChI=1S/C47H86N16O13S/c1-8-25(6)35(44(74)63-17-11-14-34(63)45(75)76)62-40(70)30(19-24(4)5)58-38(68)28(12-9-15-53-46(49)50)56-42(72)32(21-65)60-39(69)29(13-10-16-54-47(51)52)57-41(71)31(20-64)59-36(66)26(7)55-43(73)33(22-77)61-37(67)27(48)18-23(2)3/h23-35,64-65,77H,8-22,48H2,1-7H3,(H,55,73)(H,56,72)(H,57,71)(H,58,68)(H,59,66)(H,60,69)(H,61,67)(H,62,70)(H,75,76)(H4,49,50,53)(H4,51,52,54)/t25-,26-,27-,28-,29-,30-,31-,32-,33-,34-,35-/m0/s1. The summed E-state index contributed by atoms with van der Waals surface area (Å²) in [7, 11) is 0. The van der Waals surface area contributed by atoms with Crippen LogP contribution in [0, 0.1) is 17.8 Å². The van der Waals surface area contributed by atoms with E-state index in [-0.39, 0.29) is 87.7 Å². The number of carboxylic acids is 1. The minimum Gasteiger partial charge on any atom is -0.480 e. The number of hydrogen-bond acceptors (Lipinski definition) is 16. The van der Waals surface area contributed by atoms with Crippen LogP contribution in [0.25, 0.3) is 0 Å². The number of amides is 9. The van der Waals surface area contributed by atoms with Gasteiger partial charge in [0.15, 0.2) is 11.9 Å². The fourth-order valence-corrected chi connectivity index (χ4v) is 8.15. The summed E-state index contributed by atoms with van der Waals surface area (Å²) in [6.45, 7) is 10.2. The molecule has 1 fully saturated rings. The lowest BCUT2D eigenvalue weighted by atomic mass is 9.95. The van der Waals surface area contributed by atoms with E-state index in [9.17, 15) is 63.3 Å². The van der Waals surface area contributed by atoms with E-state index in [0.717, 1.165) is 0 Å². The molecule has 1 rings (SSSR count). The lowest BCUT2D eigenvalue weighted by Gasteiger charge is -2.32. The van der Waals surface area contributed by atoms with Crippen molar-refractivity contribution in [2.45, 2.75) is 167 Å². The predicted octanol–water partition coefficient (Wildman–Crippen LogP) is -5.55. The van der Waals surface area contributed by atoms with E-state index >= 15 is 0 Å². The van der Waals surface area contributed by atoms with E-state index in [1.165, 1.54) is 11.8 Å². The van der Waals surface area contributed by atoms with Crippen LogP contribution in [-0.4, -0.2) is 190 Å². The molecule has 29 nitrogen and oxygen atoms in total. The van der Waals surface area contributed by atoms with Gasteiger partial charge >= 0.3 is 5.97 Å². The lowest BCUT2D eigenvalue weighted by Crippen LogP contribution is -2.61. The summed E-state index contributed by atoms with van der Waals surface area (Å²) in [5, 5.41) is 50.1. The molecule has 0 radical (unpaired) electrons. The summed E-state index contributed by atoms with van der Waals surface area (Å²) < 4.78 is 0. The Morgan fingerprint density at radius 2 is 1.00 bits per heavy atom. The number of carbonyl (C=O) groups is 10. The van der Waals surface area contributed by atoms with Crippen LogP contribution in [0.5, 0.6) is 0 Å². The zero-order valence-electron chi connectivity index (χ0n) is 45.2. The molecule has 0 saturated carbocycles. The monoisotopic (exact) mass is 1110 g/mol. The number of carbonyl (C=O) groups excluding carboxylic acids is 9. The van der Waals surface area contributed by atoms with Crippen LogP contribution in [0.1, 0.15) is 106 Å². The molecule has 0 aliphatic carbocycles. The van der Waals surface area contributed by atoms with Crippen molar-refractivity contribution in [2.24, 2.45) is 56.4 Å². The average molecular weight is 1120 g/mol. The molecular formula is C47H86N16O13S. The summed E-state index contributed by atoms with van der Waals surface area (Å²) in [5.74, 6) is -10.2. The molecule has 21 N–H and O–H groups in total. The molecule has 0 aromatic heterocycles. The molecule has 1 aliphatic heterocycles. The fourth-order valence-electron chi connectivity index (χ4n) is 7.89. The van der Waals surface area contributed by atoms with Gasteiger partial charge in [-0.25, -0.2) is 4.79 Å². The number of aliphatic imine (C=N–C) groups is 2. The smallest absolute Gasteiger partial charge is 0.326 e. The number of hydrogen-bond donors (Lipinski definition) is 17. The van der Waals surface area contributed by atoms with Crippen molar-refractivity contribution in [2.75, 3.05) is 38.6 Å². The first-order chi connectivity index (χ1) is 36.1. The van der Waals surface area contributed by atoms with E-state index in [2.05, 4.69) is 65.1 Å². The highest BCUT2D eigenvalue weighted by molar-refractivity contribution is 7.80. The maximum Gasteiger partial charge on any atom is 0.326 e. The maximum atomic E-state index is 14.1. The summed E-state index contributed by atoms with van der Waals surface area (Å²) >= 11 is 4.12. The Morgan fingerprint density at radius 1 is 0.584 bits per heavy atom. The van der Waals surface area contributed by atoms with Gasteiger partial charge in [0, 0.05) is 25.4 Å². The quantitative estimate of drug-likeness (QED) is 0.0122. The van der Waals surface area contributed by atoms with Crippen molar-refractivity contribution in [1.82, 2.24) is 47.4 Å². The summed E-state index contributed by atoms with van der Waals surface area (Å²) in [5.41, 5.74) is 27.8. The van der Waals surface area contributed by atoms with E-state index < -0.39 is 139 Å². The summed E-state index contributed by atoms with van der Waals surface area (Å²) in [6, 6.07) is -13.4. The molecule has 1 aliphatic rings. The first-order valence-corrected chi connectivity index (χ1v) is 26.4. The zero-order valence-corrected chi connectivity index (χ0v) is 46.1. The van der Waals surface area contributed by atoms with Crippen molar-refractivity contribution in [1.29, 1.82) is 0 Å². The number of rotatable bonds is 35. The highest BCUT2D eigenvalue weighted by atomic mass is 32.1. The van der Waals surface area contributed by atoms with Crippen molar-refractivity contribution < 1.29 is 63.3 Å². The minimum atomic E-state index is -1.78. The molecule has 0 spiro atoms. The SMILES string of the molecule is CC[C@H](C)[C@H](NC(=O)[C@H](CC(C)C)NC(=O)[C@H](CCCN=C(N)N)NC(=O)[C@H](CO)NC(=O)[C@H](CCCN=C(N)N)NC(=O)[C@H](CO)NC(=O)[C@H](C)NC(=O)[C@H](CS)NC(=O)[C@@H](N)CC(C)C)C(=O)N1CCC[C@H]1C(=O)O. The lowest BCUT2D eigenvalue weighted by molar-refractivity contribution is -0.150. The second-order valence-electron chi connectivity index (χ2n) is 19.8. The first kappa shape index (κ1) is 68.5. The molecule has 0 aromatic rings. The number of nitrogens with zero attached hydrogens (tertiary/aromatic N) is 3. The second kappa shape index (κ2) is 35.0. The third-order valence-corrected chi connectivity index (χ3v) is 12.7. The number of aliphatic carboxylic acids is 1. The van der Waals surface area contributed by atoms with Gasteiger partial charge in [-0.2, -0.15) is 12.6 Å². The molecule has 77 heavy (non-hydrogen) atoms. The zero-order chi connectivity index (χ0) is 58.7. The van der Waals surface area contributed by atoms with E-state index in [4.69, 9.17) is 28.7 Å². The van der Waals surface area contributed by atoms with Gasteiger partial charge in [-0.15, -0.1) is 0 Å². The molecule has 0 bridgehead atoms. The van der Waals surface area contributed by atoms with Gasteiger partial charge in [0.1, 0.15) is 54.4 Å². The number of aliphatic hydroxyl groups is 2. The number of thiol groups is 1. The Morgan fingerprint density at radius 3 is 1.43 bits per heavy atom. The highest BCUT2D eigenvalue weighted by Gasteiger charge is 2.41. The second-order valence-corrected chi connectivity index (χ2v) is 20.2. The summed E-state index contributed by atoms with van der Waals surface area (Å²) in [4.78, 5) is 143. The van der Waals surface area contributed by atoms with Crippen LogP contribution in [0.15, 0.2) is 9.98 Å². The van der Waals surface area contributed by atoms with E-state index in [0.29, 0.717) is 19.3 Å².